The minimum absolute atomic E-state index is 0.536. The second kappa shape index (κ2) is 12.3. The molecule has 1 atom stereocenters. The zero-order valence-electron chi connectivity index (χ0n) is 31.2. The topological polar surface area (TPSA) is 8.17 Å². The Morgan fingerprint density at radius 3 is 1.68 bits per heavy atom. The largest absolute Gasteiger partial charge is 0.310 e. The Kier molecular flexibility index (Phi) is 6.88. The Hall–Kier alpha value is -7.42. The van der Waals surface area contributed by atoms with E-state index in [1.54, 1.807) is 0 Å². The first-order valence-electron chi connectivity index (χ1n) is 19.8. The number of anilines is 3. The molecule has 266 valence electrons. The van der Waals surface area contributed by atoms with Crippen LogP contribution in [0.3, 0.4) is 0 Å². The number of hydrogen-bond acceptors (Lipinski definition) is 1. The summed E-state index contributed by atoms with van der Waals surface area (Å²) in [5, 5.41) is 2.57. The maximum atomic E-state index is 2.52. The van der Waals surface area contributed by atoms with Gasteiger partial charge in [0.05, 0.1) is 27.8 Å². The van der Waals surface area contributed by atoms with Gasteiger partial charge in [-0.3, -0.25) is 0 Å². The molecule has 9 aromatic carbocycles. The van der Waals surface area contributed by atoms with E-state index in [1.165, 1.54) is 83.1 Å². The molecular weight excluding hydrogens is 689 g/mol. The van der Waals surface area contributed by atoms with Crippen molar-refractivity contribution in [2.75, 3.05) is 4.90 Å². The minimum atomic E-state index is -0.536. The first-order valence-corrected chi connectivity index (χ1v) is 19.8. The summed E-state index contributed by atoms with van der Waals surface area (Å²) in [7, 11) is 0. The molecule has 0 bridgehead atoms. The summed E-state index contributed by atoms with van der Waals surface area (Å²) in [6.07, 6.45) is 0. The summed E-state index contributed by atoms with van der Waals surface area (Å²) < 4.78 is 2.52. The van der Waals surface area contributed by atoms with E-state index in [4.69, 9.17) is 0 Å². The zero-order chi connectivity index (χ0) is 37.5. The van der Waals surface area contributed by atoms with Crippen molar-refractivity contribution in [3.05, 3.63) is 241 Å². The van der Waals surface area contributed by atoms with Gasteiger partial charge in [0.25, 0.3) is 0 Å². The number of aromatic nitrogens is 1. The van der Waals surface area contributed by atoms with E-state index in [0.717, 1.165) is 17.1 Å². The second-order valence-electron chi connectivity index (χ2n) is 15.2. The van der Waals surface area contributed by atoms with Gasteiger partial charge in [0.1, 0.15) is 0 Å². The SMILES string of the molecule is c1ccc(-c2cc(-c3ccccc3)cc(N(c3ccccc3)c3cccc4c3-c3ccccc3C43c4ccccc4-n4c5ccccc5c5cccc3c54)c2)cc1. The van der Waals surface area contributed by atoms with Crippen molar-refractivity contribution in [2.45, 2.75) is 5.41 Å². The Morgan fingerprint density at radius 1 is 0.368 bits per heavy atom. The molecule has 0 radical (unpaired) electrons. The van der Waals surface area contributed by atoms with Gasteiger partial charge in [-0.1, -0.05) is 170 Å². The number of hydrogen-bond donors (Lipinski definition) is 0. The molecular formula is C55H36N2. The van der Waals surface area contributed by atoms with Crippen LogP contribution in [0.25, 0.3) is 60.9 Å². The molecule has 1 aromatic heterocycles. The molecule has 0 saturated heterocycles. The lowest BCUT2D eigenvalue weighted by Gasteiger charge is -2.39. The molecule has 2 heteroatoms. The van der Waals surface area contributed by atoms with Gasteiger partial charge >= 0.3 is 0 Å². The third-order valence-electron chi connectivity index (χ3n) is 12.3. The van der Waals surface area contributed by atoms with Crippen LogP contribution >= 0.6 is 0 Å². The summed E-state index contributed by atoms with van der Waals surface area (Å²) in [5.41, 5.74) is 19.1. The van der Waals surface area contributed by atoms with Crippen molar-refractivity contribution in [3.8, 4) is 39.1 Å². The normalized spacial score (nSPS) is 14.7. The van der Waals surface area contributed by atoms with Crippen molar-refractivity contribution in [3.63, 3.8) is 0 Å². The lowest BCUT2D eigenvalue weighted by molar-refractivity contribution is 0.748. The number of rotatable bonds is 5. The number of fused-ring (bicyclic) bond motifs is 12. The molecule has 2 aliphatic rings. The Labute approximate surface area is 332 Å². The van der Waals surface area contributed by atoms with Gasteiger partial charge in [-0.15, -0.1) is 0 Å². The maximum Gasteiger partial charge on any atom is 0.0755 e. The third-order valence-corrected chi connectivity index (χ3v) is 12.3. The predicted molar refractivity (Wildman–Crippen MR) is 237 cm³/mol. The van der Waals surface area contributed by atoms with Gasteiger partial charge in [0.15, 0.2) is 0 Å². The highest BCUT2D eigenvalue weighted by Crippen LogP contribution is 2.63. The van der Waals surface area contributed by atoms with Crippen LogP contribution in [0.2, 0.25) is 0 Å². The fourth-order valence-electron chi connectivity index (χ4n) is 10.1. The molecule has 1 aliphatic heterocycles. The van der Waals surface area contributed by atoms with E-state index in [0.29, 0.717) is 0 Å². The number of benzene rings is 9. The van der Waals surface area contributed by atoms with E-state index >= 15 is 0 Å². The smallest absolute Gasteiger partial charge is 0.0755 e. The first kappa shape index (κ1) is 31.9. The van der Waals surface area contributed by atoms with Crippen LogP contribution in [0.5, 0.6) is 0 Å². The van der Waals surface area contributed by atoms with E-state index in [1.807, 2.05) is 0 Å². The highest BCUT2D eigenvalue weighted by molar-refractivity contribution is 6.13. The molecule has 2 heterocycles. The van der Waals surface area contributed by atoms with Gasteiger partial charge in [-0.25, -0.2) is 0 Å². The molecule has 57 heavy (non-hydrogen) atoms. The monoisotopic (exact) mass is 724 g/mol. The maximum absolute atomic E-state index is 2.52. The summed E-state index contributed by atoms with van der Waals surface area (Å²) in [4.78, 5) is 2.49. The van der Waals surface area contributed by atoms with Crippen LogP contribution < -0.4 is 4.90 Å². The Balaban J connectivity index is 1.19. The van der Waals surface area contributed by atoms with Gasteiger partial charge in [0, 0.05) is 27.7 Å². The van der Waals surface area contributed by atoms with Crippen molar-refractivity contribution in [2.24, 2.45) is 0 Å². The third kappa shape index (κ3) is 4.47. The molecule has 0 saturated carbocycles. The van der Waals surface area contributed by atoms with Crippen LogP contribution in [0.4, 0.5) is 17.1 Å². The molecule has 10 aromatic rings. The van der Waals surface area contributed by atoms with Crippen LogP contribution in [0, 0.1) is 0 Å². The van der Waals surface area contributed by atoms with Crippen molar-refractivity contribution in [1.29, 1.82) is 0 Å². The predicted octanol–water partition coefficient (Wildman–Crippen LogP) is 14.3. The van der Waals surface area contributed by atoms with Gasteiger partial charge in [-0.05, 0) is 98.6 Å². The molecule has 0 fully saturated rings. The number of nitrogens with zero attached hydrogens (tertiary/aromatic N) is 2. The van der Waals surface area contributed by atoms with E-state index in [-0.39, 0.29) is 0 Å². The average molecular weight is 725 g/mol. The van der Waals surface area contributed by atoms with Gasteiger partial charge in [0.2, 0.25) is 0 Å². The average Bonchev–Trinajstić information content (AvgIpc) is 3.79. The summed E-state index contributed by atoms with van der Waals surface area (Å²) >= 11 is 0. The van der Waals surface area contributed by atoms with Crippen LogP contribution in [0.1, 0.15) is 22.3 Å². The lowest BCUT2D eigenvalue weighted by Crippen LogP contribution is -2.33. The molecule has 1 aliphatic carbocycles. The zero-order valence-corrected chi connectivity index (χ0v) is 31.2. The van der Waals surface area contributed by atoms with E-state index in [2.05, 4.69) is 228 Å². The Morgan fingerprint density at radius 2 is 0.930 bits per heavy atom. The molecule has 0 N–H and O–H groups in total. The van der Waals surface area contributed by atoms with E-state index in [9.17, 15) is 0 Å². The standard InChI is InChI=1S/C55H36N2/c1-4-18-37(19-5-1)39-34-40(38-20-6-2-7-21-38)36-42(35-39)56(41-22-8-3-9-23-41)52-33-17-29-48-53(52)45-25-10-12-27-46(45)55(48)47-28-13-15-32-51(47)57-50-31-14-11-24-43(50)44-26-16-30-49(55)54(44)57/h1-36H. The van der Waals surface area contributed by atoms with Crippen LogP contribution in [-0.4, -0.2) is 4.57 Å². The molecule has 1 unspecified atom stereocenters. The van der Waals surface area contributed by atoms with Crippen molar-refractivity contribution >= 4 is 38.9 Å². The van der Waals surface area contributed by atoms with E-state index < -0.39 is 5.41 Å². The summed E-state index contributed by atoms with van der Waals surface area (Å²) in [5.74, 6) is 0. The number of para-hydroxylation sites is 4. The van der Waals surface area contributed by atoms with Gasteiger partial charge in [-0.2, -0.15) is 0 Å². The van der Waals surface area contributed by atoms with Crippen molar-refractivity contribution < 1.29 is 0 Å². The highest BCUT2D eigenvalue weighted by Gasteiger charge is 2.51. The molecule has 1 spiro atoms. The second-order valence-corrected chi connectivity index (χ2v) is 15.2. The molecule has 2 nitrogen and oxygen atoms in total. The van der Waals surface area contributed by atoms with Crippen molar-refractivity contribution in [1.82, 2.24) is 4.57 Å². The molecule has 0 amide bonds. The van der Waals surface area contributed by atoms with Crippen LogP contribution in [-0.2, 0) is 5.41 Å². The quantitative estimate of drug-likeness (QED) is 0.172. The summed E-state index contributed by atoms with van der Waals surface area (Å²) in [6.45, 7) is 0. The lowest BCUT2D eigenvalue weighted by atomic mass is 9.65. The molecule has 12 rings (SSSR count). The minimum Gasteiger partial charge on any atom is -0.310 e. The highest BCUT2D eigenvalue weighted by atomic mass is 15.1. The fourth-order valence-corrected chi connectivity index (χ4v) is 10.1. The fraction of sp³-hybridized carbons (Fsp3) is 0.0182. The first-order chi connectivity index (χ1) is 28.3. The summed E-state index contributed by atoms with van der Waals surface area (Å²) in [6, 6.07) is 80.6. The van der Waals surface area contributed by atoms with Gasteiger partial charge < -0.3 is 9.47 Å². The van der Waals surface area contributed by atoms with Crippen LogP contribution in [0.15, 0.2) is 218 Å². The Bertz CT molecular complexity index is 3120.